The number of hydrogen-bond donors (Lipinski definition) is 3. The van der Waals surface area contributed by atoms with Gasteiger partial charge in [-0.2, -0.15) is 12.6 Å². The quantitative estimate of drug-likeness (QED) is 0.232. The van der Waals surface area contributed by atoms with Crippen molar-refractivity contribution < 1.29 is 29.6 Å². The summed E-state index contributed by atoms with van der Waals surface area (Å²) in [5.41, 5.74) is 0.525. The first-order valence-electron chi connectivity index (χ1n) is 9.20. The van der Waals surface area contributed by atoms with Crippen LogP contribution in [0.15, 0.2) is 24.3 Å². The Morgan fingerprint density at radius 1 is 1.43 bits per heavy atom. The van der Waals surface area contributed by atoms with Gasteiger partial charge in [-0.25, -0.2) is 9.86 Å². The zero-order chi connectivity index (χ0) is 22.4. The number of thiol groups is 1. The molecule has 4 atom stereocenters. The summed E-state index contributed by atoms with van der Waals surface area (Å²) in [7, 11) is 0. The number of benzene rings is 1. The number of nitrogens with zero attached hydrogens (tertiary/aromatic N) is 3. The zero-order valence-electron chi connectivity index (χ0n) is 16.6. The molecule has 2 amide bonds. The zero-order valence-corrected chi connectivity index (χ0v) is 18.3. The molecule has 1 fully saturated rings. The van der Waals surface area contributed by atoms with E-state index in [1.807, 2.05) is 0 Å². The SMILES string of the molecule is CSC(C(=O)N(O)C(C)CO)[C@@H]1C[C@H](S)CN1C(=O)OCc1ccc([N+](=O)[O-])cc1. The molecule has 1 aliphatic heterocycles. The first kappa shape index (κ1) is 24.3. The number of amides is 2. The van der Waals surface area contributed by atoms with E-state index in [0.29, 0.717) is 17.0 Å². The molecule has 12 heteroatoms. The third-order valence-corrected chi connectivity index (χ3v) is 6.22. The van der Waals surface area contributed by atoms with Crippen LogP contribution in [0.5, 0.6) is 0 Å². The number of carbonyl (C=O) groups is 2. The number of nitro benzene ring substituents is 1. The van der Waals surface area contributed by atoms with Crippen LogP contribution in [0.25, 0.3) is 0 Å². The number of hydroxylamine groups is 2. The lowest BCUT2D eigenvalue weighted by molar-refractivity contribution is -0.384. The maximum Gasteiger partial charge on any atom is 0.410 e. The smallest absolute Gasteiger partial charge is 0.410 e. The summed E-state index contributed by atoms with van der Waals surface area (Å²) in [5, 5.41) is 29.5. The molecule has 166 valence electrons. The number of aliphatic hydroxyl groups excluding tert-OH is 1. The highest BCUT2D eigenvalue weighted by Crippen LogP contribution is 2.31. The Hall–Kier alpha value is -2.02. The second-order valence-corrected chi connectivity index (χ2v) is 8.67. The number of thioether (sulfide) groups is 1. The van der Waals surface area contributed by atoms with Gasteiger partial charge in [0, 0.05) is 23.9 Å². The summed E-state index contributed by atoms with van der Waals surface area (Å²) >= 11 is 5.63. The van der Waals surface area contributed by atoms with Gasteiger partial charge >= 0.3 is 6.09 Å². The molecule has 1 aromatic carbocycles. The maximum atomic E-state index is 12.7. The van der Waals surface area contributed by atoms with Gasteiger partial charge in [-0.15, -0.1) is 11.8 Å². The number of rotatable bonds is 8. The van der Waals surface area contributed by atoms with Crippen molar-refractivity contribution in [1.82, 2.24) is 9.96 Å². The number of aliphatic hydroxyl groups is 1. The van der Waals surface area contributed by atoms with Gasteiger partial charge in [-0.1, -0.05) is 0 Å². The van der Waals surface area contributed by atoms with Crippen LogP contribution in [0.1, 0.15) is 18.9 Å². The molecule has 0 aromatic heterocycles. The van der Waals surface area contributed by atoms with Crippen LogP contribution in [0.4, 0.5) is 10.5 Å². The highest BCUT2D eigenvalue weighted by atomic mass is 32.2. The largest absolute Gasteiger partial charge is 0.445 e. The summed E-state index contributed by atoms with van der Waals surface area (Å²) in [6.45, 7) is 1.30. The van der Waals surface area contributed by atoms with Crippen LogP contribution in [-0.4, -0.2) is 79.2 Å². The van der Waals surface area contributed by atoms with Crippen LogP contribution in [0.3, 0.4) is 0 Å². The Morgan fingerprint density at radius 3 is 2.60 bits per heavy atom. The first-order valence-corrected chi connectivity index (χ1v) is 11.0. The average molecular weight is 460 g/mol. The molecular formula is C18H25N3O7S2. The lowest BCUT2D eigenvalue weighted by atomic mass is 10.1. The van der Waals surface area contributed by atoms with Crippen LogP contribution in [-0.2, 0) is 16.1 Å². The number of likely N-dealkylation sites (tertiary alicyclic amines) is 1. The Balaban J connectivity index is 2.07. The minimum absolute atomic E-state index is 0.0606. The summed E-state index contributed by atoms with van der Waals surface area (Å²) in [6.07, 6.45) is 1.50. The number of carbonyl (C=O) groups excluding carboxylic acids is 2. The molecule has 1 saturated heterocycles. The van der Waals surface area contributed by atoms with Crippen LogP contribution in [0.2, 0.25) is 0 Å². The Kier molecular flexibility index (Phi) is 8.77. The summed E-state index contributed by atoms with van der Waals surface area (Å²) < 4.78 is 5.34. The third-order valence-electron chi connectivity index (χ3n) is 4.82. The fourth-order valence-corrected chi connectivity index (χ4v) is 4.40. The van der Waals surface area contributed by atoms with Crippen molar-refractivity contribution in [1.29, 1.82) is 0 Å². The maximum absolute atomic E-state index is 12.7. The van der Waals surface area contributed by atoms with E-state index in [4.69, 9.17) is 4.74 Å². The lowest BCUT2D eigenvalue weighted by Gasteiger charge is -2.32. The molecule has 2 unspecified atom stereocenters. The Morgan fingerprint density at radius 2 is 2.07 bits per heavy atom. The normalized spacial score (nSPS) is 20.5. The van der Waals surface area contributed by atoms with Crippen molar-refractivity contribution in [2.75, 3.05) is 19.4 Å². The molecule has 1 heterocycles. The van der Waals surface area contributed by atoms with Crippen molar-refractivity contribution in [3.63, 3.8) is 0 Å². The summed E-state index contributed by atoms with van der Waals surface area (Å²) in [6, 6.07) is 4.34. The molecular weight excluding hydrogens is 434 g/mol. The summed E-state index contributed by atoms with van der Waals surface area (Å²) in [4.78, 5) is 37.0. The fourth-order valence-electron chi connectivity index (χ4n) is 3.13. The molecule has 1 aromatic rings. The van der Waals surface area contributed by atoms with Gasteiger partial charge in [0.15, 0.2) is 0 Å². The van der Waals surface area contributed by atoms with E-state index in [9.17, 15) is 30.0 Å². The molecule has 0 bridgehead atoms. The van der Waals surface area contributed by atoms with Gasteiger partial charge in [-0.05, 0) is 37.3 Å². The van der Waals surface area contributed by atoms with Gasteiger partial charge in [0.1, 0.15) is 11.9 Å². The van der Waals surface area contributed by atoms with Crippen molar-refractivity contribution in [3.05, 3.63) is 39.9 Å². The van der Waals surface area contributed by atoms with E-state index in [1.165, 1.54) is 47.9 Å². The van der Waals surface area contributed by atoms with Crippen LogP contribution < -0.4 is 0 Å². The molecule has 30 heavy (non-hydrogen) atoms. The molecule has 0 spiro atoms. The minimum atomic E-state index is -0.775. The highest BCUT2D eigenvalue weighted by molar-refractivity contribution is 8.00. The first-order chi connectivity index (χ1) is 14.2. The van der Waals surface area contributed by atoms with Crippen molar-refractivity contribution in [3.8, 4) is 0 Å². The molecule has 0 saturated carbocycles. The highest BCUT2D eigenvalue weighted by Gasteiger charge is 2.43. The predicted molar refractivity (Wildman–Crippen MR) is 114 cm³/mol. The molecule has 2 rings (SSSR count). The number of ether oxygens (including phenoxy) is 1. The molecule has 1 aliphatic rings. The fraction of sp³-hybridized carbons (Fsp3) is 0.556. The lowest BCUT2D eigenvalue weighted by Crippen LogP contribution is -2.51. The van der Waals surface area contributed by atoms with E-state index < -0.39 is 40.9 Å². The molecule has 0 radical (unpaired) electrons. The predicted octanol–water partition coefficient (Wildman–Crippen LogP) is 1.93. The molecule has 0 aliphatic carbocycles. The van der Waals surface area contributed by atoms with Crippen molar-refractivity contribution in [2.45, 2.75) is 42.5 Å². The van der Waals surface area contributed by atoms with Gasteiger partial charge in [0.2, 0.25) is 0 Å². The second-order valence-electron chi connectivity index (χ2n) is 6.96. The van der Waals surface area contributed by atoms with E-state index >= 15 is 0 Å². The van der Waals surface area contributed by atoms with Gasteiger partial charge in [0.25, 0.3) is 11.6 Å². The van der Waals surface area contributed by atoms with Gasteiger partial charge in [0.05, 0.1) is 23.6 Å². The van der Waals surface area contributed by atoms with Crippen LogP contribution in [0, 0.1) is 10.1 Å². The van der Waals surface area contributed by atoms with Gasteiger partial charge in [-0.3, -0.25) is 20.1 Å². The van der Waals surface area contributed by atoms with E-state index in [2.05, 4.69) is 12.6 Å². The number of hydrogen-bond acceptors (Lipinski definition) is 9. The molecule has 10 nitrogen and oxygen atoms in total. The monoisotopic (exact) mass is 459 g/mol. The standard InChI is InChI=1S/C18H25N3O7S2/c1-11(9-22)20(25)17(23)16(30-2)15-7-14(29)8-19(15)18(24)28-10-12-3-5-13(6-4-12)21(26)27/h3-6,11,14-16,22,25,29H,7-10H2,1-2H3/t11?,14-,15-,16?/m0/s1. The number of non-ortho nitro benzene ring substituents is 1. The third kappa shape index (κ3) is 5.78. The minimum Gasteiger partial charge on any atom is -0.445 e. The van der Waals surface area contributed by atoms with Gasteiger partial charge < -0.3 is 14.7 Å². The second kappa shape index (κ2) is 10.8. The summed E-state index contributed by atoms with van der Waals surface area (Å²) in [5.74, 6) is -0.607. The van der Waals surface area contributed by atoms with Crippen molar-refractivity contribution in [2.24, 2.45) is 0 Å². The van der Waals surface area contributed by atoms with E-state index in [1.54, 1.807) is 6.26 Å². The Bertz CT molecular complexity index is 765. The van der Waals surface area contributed by atoms with E-state index in [0.717, 1.165) is 0 Å². The van der Waals surface area contributed by atoms with E-state index in [-0.39, 0.29) is 24.1 Å². The Labute approximate surface area is 183 Å². The van der Waals surface area contributed by atoms with Crippen LogP contribution >= 0.6 is 24.4 Å². The molecule has 2 N–H and O–H groups in total. The van der Waals surface area contributed by atoms with Crippen molar-refractivity contribution >= 4 is 42.1 Å². The average Bonchev–Trinajstić information content (AvgIpc) is 3.12. The number of nitro groups is 1. The topological polar surface area (TPSA) is 133 Å².